The molecule has 0 aliphatic carbocycles. The third-order valence-electron chi connectivity index (χ3n) is 13.7. The second-order valence-electron chi connectivity index (χ2n) is 20.1. The third-order valence-corrected chi connectivity index (χ3v) is 13.7. The van der Waals surface area contributed by atoms with Crippen molar-refractivity contribution < 1.29 is 39.8 Å². The van der Waals surface area contributed by atoms with E-state index in [0.29, 0.717) is 6.42 Å². The van der Waals surface area contributed by atoms with Crippen LogP contribution in [0.3, 0.4) is 0 Å². The van der Waals surface area contributed by atoms with Gasteiger partial charge >= 0.3 is 0 Å². The van der Waals surface area contributed by atoms with Gasteiger partial charge in [-0.05, 0) is 57.8 Å². The first-order valence-electron chi connectivity index (χ1n) is 28.7. The van der Waals surface area contributed by atoms with Crippen LogP contribution >= 0.6 is 0 Å². The minimum atomic E-state index is -1.57. The highest BCUT2D eigenvalue weighted by atomic mass is 16.7. The van der Waals surface area contributed by atoms with Crippen LogP contribution < -0.4 is 5.32 Å². The maximum atomic E-state index is 13.0. The first-order chi connectivity index (χ1) is 32.8. The molecule has 0 aromatic rings. The number of aliphatic hydroxyl groups is 5. The Hall–Kier alpha value is -1.59. The van der Waals surface area contributed by atoms with Crippen molar-refractivity contribution in [2.75, 3.05) is 13.2 Å². The predicted molar refractivity (Wildman–Crippen MR) is 281 cm³/mol. The summed E-state index contributed by atoms with van der Waals surface area (Å²) in [7, 11) is 0. The van der Waals surface area contributed by atoms with Crippen molar-refractivity contribution in [3.05, 3.63) is 36.5 Å². The summed E-state index contributed by atoms with van der Waals surface area (Å²) in [6, 6.07) is -0.824. The Morgan fingerprint density at radius 1 is 0.493 bits per heavy atom. The molecule has 394 valence electrons. The van der Waals surface area contributed by atoms with Crippen LogP contribution in [0.4, 0.5) is 0 Å². The molecule has 9 nitrogen and oxygen atoms in total. The molecule has 67 heavy (non-hydrogen) atoms. The van der Waals surface area contributed by atoms with Gasteiger partial charge in [-0.15, -0.1) is 0 Å². The molecule has 1 aliphatic heterocycles. The summed E-state index contributed by atoms with van der Waals surface area (Å²) in [5, 5.41) is 54.5. The normalized spacial score (nSPS) is 19.9. The fourth-order valence-electron chi connectivity index (χ4n) is 9.11. The number of allylic oxidation sites excluding steroid dienone is 5. The number of carbonyl (C=O) groups is 1. The summed E-state index contributed by atoms with van der Waals surface area (Å²) in [4.78, 5) is 13.0. The Bertz CT molecular complexity index is 1150. The molecule has 7 atom stereocenters. The number of aliphatic hydroxyl groups excluding tert-OH is 5. The first-order valence-corrected chi connectivity index (χ1v) is 28.7. The molecule has 7 unspecified atom stereocenters. The number of nitrogens with one attached hydrogen (secondary N) is 1. The van der Waals surface area contributed by atoms with E-state index in [0.717, 1.165) is 51.4 Å². The molecule has 0 aromatic heterocycles. The standard InChI is InChI=1S/C58H109NO8/c1-3-5-7-9-11-13-15-17-19-21-23-25-26-27-28-29-31-33-35-37-39-41-43-45-47-52(61)51(50-66-58-57(65)56(64)55(63)53(49-60)67-58)59-54(62)48-46-44-42-40-38-36-34-32-30-24-22-20-18-16-14-12-10-8-6-4-2/h24,30,37,39,45,47,51-53,55-58,60-61,63-65H,3-23,25-29,31-36,38,40-44,46,48-50H2,1-2H3,(H,59,62)/b30-24-,39-37+,47-45+. The van der Waals surface area contributed by atoms with Gasteiger partial charge in [-0.1, -0.05) is 243 Å². The maximum absolute atomic E-state index is 13.0. The minimum absolute atomic E-state index is 0.188. The molecule has 0 radical (unpaired) electrons. The number of amides is 1. The van der Waals surface area contributed by atoms with Gasteiger partial charge in [-0.25, -0.2) is 0 Å². The van der Waals surface area contributed by atoms with Gasteiger partial charge in [0.15, 0.2) is 6.29 Å². The molecular weight excluding hydrogens is 839 g/mol. The molecule has 0 spiro atoms. The Kier molecular flexibility index (Phi) is 45.5. The van der Waals surface area contributed by atoms with E-state index in [4.69, 9.17) is 9.47 Å². The Balaban J connectivity index is 2.26. The van der Waals surface area contributed by atoms with E-state index >= 15 is 0 Å². The van der Waals surface area contributed by atoms with E-state index in [1.54, 1.807) is 6.08 Å². The minimum Gasteiger partial charge on any atom is -0.394 e. The molecule has 0 saturated carbocycles. The van der Waals surface area contributed by atoms with Crippen molar-refractivity contribution in [2.45, 2.75) is 314 Å². The molecule has 9 heteroatoms. The van der Waals surface area contributed by atoms with Crippen LogP contribution in [0, 0.1) is 0 Å². The quantitative estimate of drug-likeness (QED) is 0.0261. The summed E-state index contributed by atoms with van der Waals surface area (Å²) in [5.41, 5.74) is 0. The molecule has 6 N–H and O–H groups in total. The SMILES string of the molecule is CCCCCCCCCCC/C=C\CCCCCCCCCC(=O)NC(COC1OC(CO)C(O)C(O)C1O)C(O)/C=C/CC/C=C/CCCCCCCCCCCCCCCCCCCC. The number of hydrogen-bond donors (Lipinski definition) is 6. The Morgan fingerprint density at radius 3 is 1.25 bits per heavy atom. The monoisotopic (exact) mass is 948 g/mol. The van der Waals surface area contributed by atoms with Crippen LogP contribution in [0.25, 0.3) is 0 Å². The second-order valence-corrected chi connectivity index (χ2v) is 20.1. The zero-order valence-electron chi connectivity index (χ0n) is 43.7. The average Bonchev–Trinajstić information content (AvgIpc) is 3.33. The molecule has 1 fully saturated rings. The molecule has 0 bridgehead atoms. The summed E-state index contributed by atoms with van der Waals surface area (Å²) < 4.78 is 11.3. The lowest BCUT2D eigenvalue weighted by Gasteiger charge is -2.40. The fraction of sp³-hybridized carbons (Fsp3) is 0.879. The number of hydrogen-bond acceptors (Lipinski definition) is 8. The number of carbonyl (C=O) groups excluding carboxylic acids is 1. The summed E-state index contributed by atoms with van der Waals surface area (Å²) in [5.74, 6) is -0.188. The van der Waals surface area contributed by atoms with E-state index in [9.17, 15) is 30.3 Å². The van der Waals surface area contributed by atoms with Gasteiger partial charge in [0.25, 0.3) is 0 Å². The predicted octanol–water partition coefficient (Wildman–Crippen LogP) is 14.0. The van der Waals surface area contributed by atoms with Gasteiger partial charge < -0.3 is 40.3 Å². The van der Waals surface area contributed by atoms with Gasteiger partial charge in [-0.3, -0.25) is 4.79 Å². The number of unbranched alkanes of at least 4 members (excludes halogenated alkanes) is 35. The van der Waals surface area contributed by atoms with Crippen LogP contribution in [0.15, 0.2) is 36.5 Å². The fourth-order valence-corrected chi connectivity index (χ4v) is 9.11. The van der Waals surface area contributed by atoms with Gasteiger partial charge in [0, 0.05) is 6.42 Å². The molecule has 1 saturated heterocycles. The second kappa shape index (κ2) is 48.1. The molecular formula is C58H109NO8. The van der Waals surface area contributed by atoms with Crippen LogP contribution in [-0.2, 0) is 14.3 Å². The van der Waals surface area contributed by atoms with Crippen LogP contribution in [0.1, 0.15) is 271 Å². The van der Waals surface area contributed by atoms with Crippen molar-refractivity contribution in [2.24, 2.45) is 0 Å². The zero-order valence-corrected chi connectivity index (χ0v) is 43.7. The highest BCUT2D eigenvalue weighted by molar-refractivity contribution is 5.76. The van der Waals surface area contributed by atoms with Crippen LogP contribution in [-0.4, -0.2) is 87.5 Å². The Labute approximate surface area is 412 Å². The lowest BCUT2D eigenvalue weighted by atomic mass is 9.99. The molecule has 1 amide bonds. The van der Waals surface area contributed by atoms with Gasteiger partial charge in [0.2, 0.25) is 5.91 Å². The highest BCUT2D eigenvalue weighted by Gasteiger charge is 2.44. The number of rotatable bonds is 49. The van der Waals surface area contributed by atoms with E-state index in [1.807, 2.05) is 6.08 Å². The molecule has 1 heterocycles. The largest absolute Gasteiger partial charge is 0.394 e. The Morgan fingerprint density at radius 2 is 0.851 bits per heavy atom. The smallest absolute Gasteiger partial charge is 0.220 e. The topological polar surface area (TPSA) is 149 Å². The molecule has 1 aliphatic rings. The van der Waals surface area contributed by atoms with Crippen molar-refractivity contribution in [3.8, 4) is 0 Å². The average molecular weight is 949 g/mol. The summed E-state index contributed by atoms with van der Waals surface area (Å²) >= 11 is 0. The van der Waals surface area contributed by atoms with E-state index in [-0.39, 0.29) is 12.5 Å². The van der Waals surface area contributed by atoms with Crippen molar-refractivity contribution in [3.63, 3.8) is 0 Å². The molecule has 0 aromatic carbocycles. The van der Waals surface area contributed by atoms with Crippen LogP contribution in [0.5, 0.6) is 0 Å². The zero-order chi connectivity index (χ0) is 48.7. The third kappa shape index (κ3) is 37.9. The van der Waals surface area contributed by atoms with Crippen molar-refractivity contribution >= 4 is 5.91 Å². The van der Waals surface area contributed by atoms with Crippen LogP contribution in [0.2, 0.25) is 0 Å². The molecule has 1 rings (SSSR count). The lowest BCUT2D eigenvalue weighted by molar-refractivity contribution is -0.302. The first kappa shape index (κ1) is 63.4. The lowest BCUT2D eigenvalue weighted by Crippen LogP contribution is -2.60. The van der Waals surface area contributed by atoms with Gasteiger partial charge in [0.1, 0.15) is 24.4 Å². The summed E-state index contributed by atoms with van der Waals surface area (Å²) in [6.07, 6.45) is 55.0. The van der Waals surface area contributed by atoms with E-state index in [1.165, 1.54) is 199 Å². The number of ether oxygens (including phenoxy) is 2. The van der Waals surface area contributed by atoms with Gasteiger partial charge in [-0.2, -0.15) is 0 Å². The highest BCUT2D eigenvalue weighted by Crippen LogP contribution is 2.23. The van der Waals surface area contributed by atoms with E-state index < -0.39 is 49.5 Å². The maximum Gasteiger partial charge on any atom is 0.220 e. The van der Waals surface area contributed by atoms with Crippen molar-refractivity contribution in [1.82, 2.24) is 5.32 Å². The van der Waals surface area contributed by atoms with Crippen molar-refractivity contribution in [1.29, 1.82) is 0 Å². The summed E-state index contributed by atoms with van der Waals surface area (Å²) in [6.45, 7) is 3.79. The van der Waals surface area contributed by atoms with E-state index in [2.05, 4.69) is 43.5 Å². The van der Waals surface area contributed by atoms with Gasteiger partial charge in [0.05, 0.1) is 25.4 Å².